The normalized spacial score (nSPS) is 13.3. The lowest BCUT2D eigenvalue weighted by Crippen LogP contribution is -2.31. The molecule has 1 heterocycles. The van der Waals surface area contributed by atoms with Crippen molar-refractivity contribution >= 4 is 34.0 Å². The van der Waals surface area contributed by atoms with E-state index in [4.69, 9.17) is 14.2 Å². The Labute approximate surface area is 209 Å². The third-order valence-corrected chi connectivity index (χ3v) is 5.70. The maximum atomic E-state index is 13.1. The largest absolute Gasteiger partial charge is 0.493 e. The van der Waals surface area contributed by atoms with Gasteiger partial charge in [-0.2, -0.15) is 0 Å². The number of carbonyl (C=O) groups excluding carboxylic acids is 2. The molecular weight excluding hydrogens is 460 g/mol. The number of anilines is 2. The average Bonchev–Trinajstić information content (AvgIpc) is 2.87. The Hall–Kier alpha value is -4.24. The number of allylic oxidation sites excluding steroid dienone is 2. The number of ether oxygens (including phenoxy) is 3. The van der Waals surface area contributed by atoms with E-state index in [1.54, 1.807) is 19.2 Å². The smallest absolute Gasteiger partial charge is 0.204 e. The number of hydrogen-bond acceptors (Lipinski definition) is 9. The maximum absolute atomic E-state index is 13.1. The van der Waals surface area contributed by atoms with Crippen molar-refractivity contribution in [3.63, 3.8) is 0 Å². The van der Waals surface area contributed by atoms with Gasteiger partial charge in [-0.25, -0.2) is 9.97 Å². The molecule has 0 unspecified atom stereocenters. The number of likely N-dealkylation sites (N-methyl/N-ethyl adjacent to an activating group) is 1. The van der Waals surface area contributed by atoms with Crippen LogP contribution in [-0.2, 0) is 14.3 Å². The summed E-state index contributed by atoms with van der Waals surface area (Å²) >= 11 is 0. The third-order valence-electron chi connectivity index (χ3n) is 5.70. The molecule has 0 bridgehead atoms. The van der Waals surface area contributed by atoms with E-state index in [0.29, 0.717) is 53.7 Å². The SMILES string of the molecule is CCN(C1=CC(=O)C(Nc2ncnc3cc(OCCOC)c(OC)cc23)=CC1=O)c1cccc(C)c1. The van der Waals surface area contributed by atoms with Crippen LogP contribution in [0, 0.1) is 6.92 Å². The zero-order valence-electron chi connectivity index (χ0n) is 20.7. The van der Waals surface area contributed by atoms with Gasteiger partial charge in [0.05, 0.1) is 30.6 Å². The number of benzene rings is 2. The number of aryl methyl sites for hydroxylation is 1. The van der Waals surface area contributed by atoms with Crippen LogP contribution in [0.5, 0.6) is 11.5 Å². The zero-order valence-corrected chi connectivity index (χ0v) is 20.7. The molecule has 0 saturated carbocycles. The number of hydrogen-bond donors (Lipinski definition) is 1. The maximum Gasteiger partial charge on any atom is 0.204 e. The molecule has 0 fully saturated rings. The van der Waals surface area contributed by atoms with Gasteiger partial charge < -0.3 is 24.4 Å². The predicted molar refractivity (Wildman–Crippen MR) is 137 cm³/mol. The monoisotopic (exact) mass is 488 g/mol. The highest BCUT2D eigenvalue weighted by molar-refractivity contribution is 6.22. The van der Waals surface area contributed by atoms with Gasteiger partial charge in [-0.1, -0.05) is 12.1 Å². The molecule has 1 aromatic heterocycles. The van der Waals surface area contributed by atoms with Crippen molar-refractivity contribution in [2.45, 2.75) is 13.8 Å². The molecule has 0 aliphatic heterocycles. The lowest BCUT2D eigenvalue weighted by Gasteiger charge is -2.27. The number of methoxy groups -OCH3 is 2. The van der Waals surface area contributed by atoms with Crippen LogP contribution in [0.4, 0.5) is 11.5 Å². The number of aromatic nitrogens is 2. The first-order valence-electron chi connectivity index (χ1n) is 11.5. The summed E-state index contributed by atoms with van der Waals surface area (Å²) in [5.74, 6) is 0.768. The number of rotatable bonds is 10. The fraction of sp³-hybridized carbons (Fsp3) is 0.259. The average molecular weight is 489 g/mol. The Bertz CT molecular complexity index is 1370. The molecular formula is C27H28N4O5. The summed E-state index contributed by atoms with van der Waals surface area (Å²) in [7, 11) is 3.13. The van der Waals surface area contributed by atoms with Crippen molar-refractivity contribution < 1.29 is 23.8 Å². The van der Waals surface area contributed by atoms with Gasteiger partial charge in [0.15, 0.2) is 11.5 Å². The highest BCUT2D eigenvalue weighted by atomic mass is 16.5. The molecule has 36 heavy (non-hydrogen) atoms. The van der Waals surface area contributed by atoms with E-state index in [9.17, 15) is 9.59 Å². The van der Waals surface area contributed by atoms with Crippen LogP contribution < -0.4 is 19.7 Å². The summed E-state index contributed by atoms with van der Waals surface area (Å²) in [4.78, 5) is 36.6. The lowest BCUT2D eigenvalue weighted by molar-refractivity contribution is -0.115. The van der Waals surface area contributed by atoms with Crippen molar-refractivity contribution in [3.8, 4) is 11.5 Å². The van der Waals surface area contributed by atoms with Crippen molar-refractivity contribution in [2.24, 2.45) is 0 Å². The van der Waals surface area contributed by atoms with Gasteiger partial charge in [0.1, 0.15) is 18.8 Å². The minimum atomic E-state index is -0.325. The van der Waals surface area contributed by atoms with Gasteiger partial charge in [0.25, 0.3) is 0 Å². The number of nitrogens with zero attached hydrogens (tertiary/aromatic N) is 3. The van der Waals surface area contributed by atoms with Gasteiger partial charge in [-0.3, -0.25) is 9.59 Å². The Morgan fingerprint density at radius 1 is 0.972 bits per heavy atom. The fourth-order valence-electron chi connectivity index (χ4n) is 3.94. The van der Waals surface area contributed by atoms with Crippen LogP contribution in [0.25, 0.3) is 10.9 Å². The molecule has 1 aliphatic carbocycles. The summed E-state index contributed by atoms with van der Waals surface area (Å²) in [6.45, 7) is 5.24. The van der Waals surface area contributed by atoms with Gasteiger partial charge in [-0.05, 0) is 37.6 Å². The van der Waals surface area contributed by atoms with Crippen LogP contribution in [0.2, 0.25) is 0 Å². The fourth-order valence-corrected chi connectivity index (χ4v) is 3.94. The summed E-state index contributed by atoms with van der Waals surface area (Å²) in [6.07, 6.45) is 4.05. The van der Waals surface area contributed by atoms with Gasteiger partial charge in [0.2, 0.25) is 11.6 Å². The van der Waals surface area contributed by atoms with E-state index in [1.165, 1.54) is 25.6 Å². The summed E-state index contributed by atoms with van der Waals surface area (Å²) in [6, 6.07) is 11.3. The third kappa shape index (κ3) is 5.21. The van der Waals surface area contributed by atoms with E-state index in [-0.39, 0.29) is 17.3 Å². The zero-order chi connectivity index (χ0) is 25.7. The standard InChI is InChI=1S/C27H28N4O5/c1-5-31(18-8-6-7-17(2)11-18)22-15-23(32)21(13-24(22)33)30-27-19-12-25(35-4)26(36-10-9-34-3)14-20(19)28-16-29-27/h6-8,11-16H,5,9-10H2,1-4H3,(H,28,29,30). The van der Waals surface area contributed by atoms with Crippen LogP contribution >= 0.6 is 0 Å². The second-order valence-electron chi connectivity index (χ2n) is 8.11. The summed E-state index contributed by atoms with van der Waals surface area (Å²) in [5, 5.41) is 3.62. The van der Waals surface area contributed by atoms with Crippen molar-refractivity contribution in [1.29, 1.82) is 0 Å². The number of nitrogens with one attached hydrogen (secondary N) is 1. The van der Waals surface area contributed by atoms with Crippen molar-refractivity contribution in [3.05, 3.63) is 71.8 Å². The van der Waals surface area contributed by atoms with E-state index in [0.717, 1.165) is 11.3 Å². The highest BCUT2D eigenvalue weighted by Gasteiger charge is 2.26. The van der Waals surface area contributed by atoms with Gasteiger partial charge in [0, 0.05) is 42.9 Å². The molecule has 186 valence electrons. The molecule has 9 nitrogen and oxygen atoms in total. The first-order chi connectivity index (χ1) is 17.4. The highest BCUT2D eigenvalue weighted by Crippen LogP contribution is 2.34. The molecule has 0 saturated heterocycles. The van der Waals surface area contributed by atoms with E-state index in [2.05, 4.69) is 15.3 Å². The van der Waals surface area contributed by atoms with Crippen LogP contribution in [0.3, 0.4) is 0 Å². The van der Waals surface area contributed by atoms with E-state index < -0.39 is 0 Å². The van der Waals surface area contributed by atoms with Crippen molar-refractivity contribution in [1.82, 2.24) is 9.97 Å². The Morgan fingerprint density at radius 2 is 1.81 bits per heavy atom. The number of fused-ring (bicyclic) bond motifs is 1. The molecule has 0 atom stereocenters. The van der Waals surface area contributed by atoms with E-state index in [1.807, 2.05) is 43.0 Å². The molecule has 1 aliphatic rings. The topological polar surface area (TPSA) is 103 Å². The second kappa shape index (κ2) is 11.0. The number of ketones is 2. The first kappa shape index (κ1) is 24.9. The van der Waals surface area contributed by atoms with Crippen LogP contribution in [0.1, 0.15) is 12.5 Å². The molecule has 9 heteroatoms. The van der Waals surface area contributed by atoms with Gasteiger partial charge in [-0.15, -0.1) is 0 Å². The first-order valence-corrected chi connectivity index (χ1v) is 11.5. The summed E-state index contributed by atoms with van der Waals surface area (Å²) in [5.41, 5.74) is 2.96. The van der Waals surface area contributed by atoms with Crippen molar-refractivity contribution in [2.75, 3.05) is 44.2 Å². The molecule has 0 radical (unpaired) electrons. The van der Waals surface area contributed by atoms with E-state index >= 15 is 0 Å². The van der Waals surface area contributed by atoms with Crippen LogP contribution in [0.15, 0.2) is 66.3 Å². The quantitative estimate of drug-likeness (QED) is 0.337. The van der Waals surface area contributed by atoms with Crippen LogP contribution in [-0.4, -0.2) is 55.5 Å². The summed E-state index contributed by atoms with van der Waals surface area (Å²) < 4.78 is 16.2. The predicted octanol–water partition coefficient (Wildman–Crippen LogP) is 3.83. The Balaban J connectivity index is 1.61. The Kier molecular flexibility index (Phi) is 7.60. The molecule has 4 rings (SSSR count). The number of carbonyl (C=O) groups is 2. The second-order valence-corrected chi connectivity index (χ2v) is 8.11. The molecule has 3 aromatic rings. The minimum absolute atomic E-state index is 0.128. The minimum Gasteiger partial charge on any atom is -0.493 e. The molecule has 0 spiro atoms. The Morgan fingerprint density at radius 3 is 2.53 bits per heavy atom. The molecule has 1 N–H and O–H groups in total. The van der Waals surface area contributed by atoms with Gasteiger partial charge >= 0.3 is 0 Å². The molecule has 2 aromatic carbocycles. The molecule has 0 amide bonds. The lowest BCUT2D eigenvalue weighted by atomic mass is 10.0.